The number of piperidine rings is 1. The van der Waals surface area contributed by atoms with Crippen molar-refractivity contribution in [3.63, 3.8) is 0 Å². The van der Waals surface area contributed by atoms with Crippen LogP contribution in [0.4, 0.5) is 0 Å². The molecule has 2 heterocycles. The molecule has 1 aliphatic rings. The van der Waals surface area contributed by atoms with Gasteiger partial charge in [-0.2, -0.15) is 10.4 Å². The maximum Gasteiger partial charge on any atom is 0.138 e. The van der Waals surface area contributed by atoms with E-state index in [1.807, 2.05) is 4.68 Å². The first kappa shape index (κ1) is 10.2. The summed E-state index contributed by atoms with van der Waals surface area (Å²) in [7, 11) is 0. The average molecular weight is 204 g/mol. The number of rotatable bonds is 2. The van der Waals surface area contributed by atoms with Crippen molar-refractivity contribution >= 4 is 0 Å². The van der Waals surface area contributed by atoms with Crippen molar-refractivity contribution < 1.29 is 0 Å². The minimum atomic E-state index is 0.414. The second-order valence-corrected chi connectivity index (χ2v) is 3.94. The predicted octanol–water partition coefficient (Wildman–Crippen LogP) is 1.41. The van der Waals surface area contributed by atoms with Crippen LogP contribution in [0.15, 0.2) is 12.3 Å². The lowest BCUT2D eigenvalue weighted by atomic mass is 10.1. The first-order valence-electron chi connectivity index (χ1n) is 5.51. The molecule has 1 aromatic rings. The molecular formula is C11H16N4. The SMILES string of the molecule is CCN1CCC(n2nccc2C#N)CC1. The smallest absolute Gasteiger partial charge is 0.138 e. The quantitative estimate of drug-likeness (QED) is 0.731. The average Bonchev–Trinajstić information content (AvgIpc) is 2.77. The summed E-state index contributed by atoms with van der Waals surface area (Å²) in [5.41, 5.74) is 0.685. The van der Waals surface area contributed by atoms with Gasteiger partial charge in [-0.1, -0.05) is 6.92 Å². The van der Waals surface area contributed by atoms with Crippen LogP contribution in [0.5, 0.6) is 0 Å². The number of hydrogen-bond acceptors (Lipinski definition) is 3. The Morgan fingerprint density at radius 1 is 1.53 bits per heavy atom. The molecule has 0 N–H and O–H groups in total. The molecule has 1 saturated heterocycles. The van der Waals surface area contributed by atoms with Crippen molar-refractivity contribution in [1.82, 2.24) is 14.7 Å². The molecule has 80 valence electrons. The van der Waals surface area contributed by atoms with Gasteiger partial charge in [0.05, 0.1) is 12.2 Å². The van der Waals surface area contributed by atoms with Crippen LogP contribution in [0.3, 0.4) is 0 Å². The van der Waals surface area contributed by atoms with Gasteiger partial charge in [0.25, 0.3) is 0 Å². The zero-order valence-electron chi connectivity index (χ0n) is 9.06. The predicted molar refractivity (Wildman–Crippen MR) is 57.3 cm³/mol. The van der Waals surface area contributed by atoms with Crippen LogP contribution in [0.1, 0.15) is 31.5 Å². The molecule has 4 nitrogen and oxygen atoms in total. The highest BCUT2D eigenvalue weighted by atomic mass is 15.3. The van der Waals surface area contributed by atoms with E-state index < -0.39 is 0 Å². The van der Waals surface area contributed by atoms with Gasteiger partial charge >= 0.3 is 0 Å². The molecule has 1 aromatic heterocycles. The maximum atomic E-state index is 8.91. The van der Waals surface area contributed by atoms with E-state index in [9.17, 15) is 0 Å². The summed E-state index contributed by atoms with van der Waals surface area (Å²) in [6.07, 6.45) is 3.92. The normalized spacial score (nSPS) is 18.9. The summed E-state index contributed by atoms with van der Waals surface area (Å²) in [5.74, 6) is 0. The standard InChI is InChI=1S/C11H16N4/c1-2-14-7-4-10(5-8-14)15-11(9-12)3-6-13-15/h3,6,10H,2,4-5,7-8H2,1H3. The summed E-state index contributed by atoms with van der Waals surface area (Å²) in [5, 5.41) is 13.2. The Labute approximate surface area is 90.1 Å². The fourth-order valence-corrected chi connectivity index (χ4v) is 2.17. The van der Waals surface area contributed by atoms with Crippen molar-refractivity contribution in [2.24, 2.45) is 0 Å². The van der Waals surface area contributed by atoms with Crippen LogP contribution in [0.25, 0.3) is 0 Å². The molecule has 0 unspecified atom stereocenters. The molecule has 0 saturated carbocycles. The Morgan fingerprint density at radius 3 is 2.87 bits per heavy atom. The zero-order valence-corrected chi connectivity index (χ0v) is 9.06. The van der Waals surface area contributed by atoms with Gasteiger partial charge in [-0.15, -0.1) is 0 Å². The number of nitrogens with zero attached hydrogens (tertiary/aromatic N) is 4. The second-order valence-electron chi connectivity index (χ2n) is 3.94. The maximum absolute atomic E-state index is 8.91. The Kier molecular flexibility index (Phi) is 3.02. The van der Waals surface area contributed by atoms with Gasteiger partial charge < -0.3 is 4.90 Å². The van der Waals surface area contributed by atoms with Crippen LogP contribution in [0.2, 0.25) is 0 Å². The summed E-state index contributed by atoms with van der Waals surface area (Å²) in [6.45, 7) is 5.55. The molecule has 0 aliphatic carbocycles. The van der Waals surface area contributed by atoms with Gasteiger partial charge in [0.15, 0.2) is 0 Å². The summed E-state index contributed by atoms with van der Waals surface area (Å²) >= 11 is 0. The zero-order chi connectivity index (χ0) is 10.7. The molecule has 0 bridgehead atoms. The van der Waals surface area contributed by atoms with Crippen molar-refractivity contribution in [2.45, 2.75) is 25.8 Å². The summed E-state index contributed by atoms with van der Waals surface area (Å²) < 4.78 is 1.88. The first-order valence-corrected chi connectivity index (χ1v) is 5.51. The molecule has 1 fully saturated rings. The summed E-state index contributed by atoms with van der Waals surface area (Å²) in [4.78, 5) is 2.44. The minimum Gasteiger partial charge on any atom is -0.303 e. The second kappa shape index (κ2) is 4.45. The molecule has 0 spiro atoms. The fourth-order valence-electron chi connectivity index (χ4n) is 2.17. The van der Waals surface area contributed by atoms with Gasteiger partial charge in [0.2, 0.25) is 0 Å². The van der Waals surface area contributed by atoms with E-state index in [-0.39, 0.29) is 0 Å². The highest BCUT2D eigenvalue weighted by Gasteiger charge is 2.21. The lowest BCUT2D eigenvalue weighted by molar-refractivity contribution is 0.187. The molecule has 2 rings (SSSR count). The third-order valence-corrected chi connectivity index (χ3v) is 3.14. The van der Waals surface area contributed by atoms with Gasteiger partial charge in [-0.25, -0.2) is 0 Å². The van der Waals surface area contributed by atoms with E-state index in [0.717, 1.165) is 32.5 Å². The van der Waals surface area contributed by atoms with E-state index >= 15 is 0 Å². The van der Waals surface area contributed by atoms with Crippen LogP contribution < -0.4 is 0 Å². The summed E-state index contributed by atoms with van der Waals surface area (Å²) in [6, 6.07) is 4.38. The number of hydrogen-bond donors (Lipinski definition) is 0. The third kappa shape index (κ3) is 2.02. The van der Waals surface area contributed by atoms with Crippen molar-refractivity contribution in [3.05, 3.63) is 18.0 Å². The van der Waals surface area contributed by atoms with Crippen LogP contribution in [-0.2, 0) is 0 Å². The molecule has 4 heteroatoms. The molecule has 0 atom stereocenters. The van der Waals surface area contributed by atoms with E-state index in [1.54, 1.807) is 12.3 Å². The van der Waals surface area contributed by atoms with Gasteiger partial charge in [-0.3, -0.25) is 4.68 Å². The van der Waals surface area contributed by atoms with Crippen molar-refractivity contribution in [3.8, 4) is 6.07 Å². The van der Waals surface area contributed by atoms with Crippen LogP contribution >= 0.6 is 0 Å². The lowest BCUT2D eigenvalue weighted by Crippen LogP contribution is -2.34. The third-order valence-electron chi connectivity index (χ3n) is 3.14. The van der Waals surface area contributed by atoms with Crippen LogP contribution in [0, 0.1) is 11.3 Å². The number of nitriles is 1. The monoisotopic (exact) mass is 204 g/mol. The van der Waals surface area contributed by atoms with Gasteiger partial charge in [-0.05, 0) is 25.5 Å². The topological polar surface area (TPSA) is 44.9 Å². The Bertz CT molecular complexity index is 355. The molecule has 15 heavy (non-hydrogen) atoms. The molecule has 0 aromatic carbocycles. The van der Waals surface area contributed by atoms with Gasteiger partial charge in [0.1, 0.15) is 11.8 Å². The first-order chi connectivity index (χ1) is 7.35. The van der Waals surface area contributed by atoms with E-state index in [1.165, 1.54) is 0 Å². The Morgan fingerprint density at radius 2 is 2.27 bits per heavy atom. The van der Waals surface area contributed by atoms with E-state index in [2.05, 4.69) is 23.0 Å². The molecule has 0 amide bonds. The minimum absolute atomic E-state index is 0.414. The molecular weight excluding hydrogens is 188 g/mol. The lowest BCUT2D eigenvalue weighted by Gasteiger charge is -2.31. The van der Waals surface area contributed by atoms with Crippen molar-refractivity contribution in [2.75, 3.05) is 19.6 Å². The molecule has 1 aliphatic heterocycles. The van der Waals surface area contributed by atoms with E-state index in [4.69, 9.17) is 5.26 Å². The largest absolute Gasteiger partial charge is 0.303 e. The van der Waals surface area contributed by atoms with Gasteiger partial charge in [0, 0.05) is 13.1 Å². The highest BCUT2D eigenvalue weighted by molar-refractivity contribution is 5.19. The molecule has 0 radical (unpaired) electrons. The highest BCUT2D eigenvalue weighted by Crippen LogP contribution is 2.22. The Balaban J connectivity index is 2.05. The number of likely N-dealkylation sites (tertiary alicyclic amines) is 1. The van der Waals surface area contributed by atoms with Crippen LogP contribution in [-0.4, -0.2) is 34.3 Å². The Hall–Kier alpha value is -1.34. The number of aromatic nitrogens is 2. The fraction of sp³-hybridized carbons (Fsp3) is 0.636. The van der Waals surface area contributed by atoms with Crippen molar-refractivity contribution in [1.29, 1.82) is 5.26 Å². The van der Waals surface area contributed by atoms with E-state index in [0.29, 0.717) is 11.7 Å².